The van der Waals surface area contributed by atoms with Gasteiger partial charge in [-0.1, -0.05) is 13.8 Å². The fraction of sp³-hybridized carbons (Fsp3) is 0.667. The molecule has 1 saturated heterocycles. The molecule has 1 amide bonds. The van der Waals surface area contributed by atoms with Gasteiger partial charge in [0, 0.05) is 24.7 Å². The topological polar surface area (TPSA) is 63.2 Å². The van der Waals surface area contributed by atoms with Crippen LogP contribution in [-0.4, -0.2) is 30.1 Å². The summed E-state index contributed by atoms with van der Waals surface area (Å²) in [5.41, 5.74) is 1.02. The van der Waals surface area contributed by atoms with Crippen LogP contribution in [0.15, 0.2) is 18.3 Å². The van der Waals surface area contributed by atoms with Crippen LogP contribution in [0.2, 0.25) is 0 Å². The number of nitrogens with one attached hydrogen (secondary N) is 2. The molecule has 0 bridgehead atoms. The van der Waals surface area contributed by atoms with Gasteiger partial charge in [0.15, 0.2) is 0 Å². The van der Waals surface area contributed by atoms with Crippen LogP contribution >= 0.6 is 12.4 Å². The van der Waals surface area contributed by atoms with E-state index in [9.17, 15) is 4.79 Å². The van der Waals surface area contributed by atoms with Crippen molar-refractivity contribution in [2.75, 3.05) is 13.1 Å². The molecule has 1 aromatic rings. The number of carbonyl (C=O) groups excluding carboxylic acids is 1. The number of aromatic nitrogens is 1. The summed E-state index contributed by atoms with van der Waals surface area (Å²) in [4.78, 5) is 16.4. The van der Waals surface area contributed by atoms with Gasteiger partial charge in [-0.05, 0) is 56.8 Å². The predicted molar refractivity (Wildman–Crippen MR) is 98.5 cm³/mol. The van der Waals surface area contributed by atoms with Crippen molar-refractivity contribution in [1.82, 2.24) is 15.6 Å². The van der Waals surface area contributed by atoms with E-state index in [4.69, 9.17) is 4.74 Å². The average Bonchev–Trinajstić information content (AvgIpc) is 2.53. The molecule has 24 heavy (non-hydrogen) atoms. The Morgan fingerprint density at radius 2 is 2.08 bits per heavy atom. The van der Waals surface area contributed by atoms with Gasteiger partial charge in [-0.3, -0.25) is 4.79 Å². The second kappa shape index (κ2) is 10.5. The van der Waals surface area contributed by atoms with Crippen LogP contribution in [0.1, 0.15) is 45.6 Å². The molecule has 2 N–H and O–H groups in total. The van der Waals surface area contributed by atoms with Crippen molar-refractivity contribution < 1.29 is 9.53 Å². The third kappa shape index (κ3) is 7.05. The lowest BCUT2D eigenvalue weighted by molar-refractivity contribution is -0.125. The molecule has 136 valence electrons. The molecule has 0 radical (unpaired) electrons. The maximum atomic E-state index is 12.2. The third-order valence-corrected chi connectivity index (χ3v) is 4.10. The lowest BCUT2D eigenvalue weighted by Crippen LogP contribution is -2.37. The van der Waals surface area contributed by atoms with Gasteiger partial charge in [-0.15, -0.1) is 12.4 Å². The van der Waals surface area contributed by atoms with E-state index in [0.29, 0.717) is 18.3 Å². The second-order valence-electron chi connectivity index (χ2n) is 6.80. The zero-order chi connectivity index (χ0) is 16.7. The van der Waals surface area contributed by atoms with E-state index in [0.717, 1.165) is 37.9 Å². The zero-order valence-electron chi connectivity index (χ0n) is 14.9. The maximum Gasteiger partial charge on any atom is 0.223 e. The lowest BCUT2D eigenvalue weighted by atomic mass is 9.97. The van der Waals surface area contributed by atoms with Gasteiger partial charge >= 0.3 is 0 Å². The smallest absolute Gasteiger partial charge is 0.223 e. The maximum absolute atomic E-state index is 12.2. The van der Waals surface area contributed by atoms with Crippen LogP contribution < -0.4 is 15.4 Å². The standard InChI is InChI=1S/C18H29N3O2.ClH/c1-13(2)10-14(3)23-17-11-15(4-9-20-17)12-21-18(22)16-5-7-19-8-6-16;/h4,9,11,13-14,16,19H,5-8,10,12H2,1-3H3,(H,21,22);1H. The molecule has 1 atom stereocenters. The number of hydrogen-bond acceptors (Lipinski definition) is 4. The van der Waals surface area contributed by atoms with Gasteiger partial charge in [0.05, 0.1) is 6.10 Å². The van der Waals surface area contributed by atoms with E-state index in [2.05, 4.69) is 36.4 Å². The van der Waals surface area contributed by atoms with Gasteiger partial charge in [-0.2, -0.15) is 0 Å². The SMILES string of the molecule is CC(C)CC(C)Oc1cc(CNC(=O)C2CCNCC2)ccn1.Cl. The van der Waals surface area contributed by atoms with E-state index in [1.165, 1.54) is 0 Å². The number of piperidine rings is 1. The first kappa shape index (κ1) is 20.7. The van der Waals surface area contributed by atoms with Crippen LogP contribution in [0, 0.1) is 11.8 Å². The molecule has 0 saturated carbocycles. The minimum absolute atomic E-state index is 0. The van der Waals surface area contributed by atoms with Crippen molar-refractivity contribution in [3.8, 4) is 5.88 Å². The Hall–Kier alpha value is -1.33. The number of amides is 1. The Labute approximate surface area is 151 Å². The quantitative estimate of drug-likeness (QED) is 0.789. The van der Waals surface area contributed by atoms with Crippen LogP contribution in [0.4, 0.5) is 0 Å². The Morgan fingerprint density at radius 1 is 1.38 bits per heavy atom. The molecule has 1 aliphatic heterocycles. The van der Waals surface area contributed by atoms with Crippen molar-refractivity contribution in [2.45, 2.75) is 52.7 Å². The van der Waals surface area contributed by atoms with Crippen molar-refractivity contribution in [3.05, 3.63) is 23.9 Å². The van der Waals surface area contributed by atoms with E-state index in [1.807, 2.05) is 12.1 Å². The summed E-state index contributed by atoms with van der Waals surface area (Å²) in [6.07, 6.45) is 4.72. The summed E-state index contributed by atoms with van der Waals surface area (Å²) in [7, 11) is 0. The molecule has 2 heterocycles. The Morgan fingerprint density at radius 3 is 2.75 bits per heavy atom. The molecule has 1 unspecified atom stereocenters. The normalized spacial score (nSPS) is 16.3. The highest BCUT2D eigenvalue weighted by Gasteiger charge is 2.20. The predicted octanol–water partition coefficient (Wildman–Crippen LogP) is 2.93. The number of nitrogens with zero attached hydrogens (tertiary/aromatic N) is 1. The molecule has 2 rings (SSSR count). The lowest BCUT2D eigenvalue weighted by Gasteiger charge is -2.21. The Bertz CT molecular complexity index is 505. The van der Waals surface area contributed by atoms with Crippen LogP contribution in [0.3, 0.4) is 0 Å². The molecular formula is C18H30ClN3O2. The highest BCUT2D eigenvalue weighted by Crippen LogP contribution is 2.16. The van der Waals surface area contributed by atoms with Crippen LogP contribution in [-0.2, 0) is 11.3 Å². The minimum atomic E-state index is 0. The van der Waals surface area contributed by atoms with E-state index >= 15 is 0 Å². The fourth-order valence-corrected chi connectivity index (χ4v) is 2.96. The molecule has 1 fully saturated rings. The highest BCUT2D eigenvalue weighted by molar-refractivity contribution is 5.85. The number of carbonyl (C=O) groups is 1. The summed E-state index contributed by atoms with van der Waals surface area (Å²) in [5, 5.41) is 6.31. The molecule has 1 aromatic heterocycles. The van der Waals surface area contributed by atoms with Crippen LogP contribution in [0.5, 0.6) is 5.88 Å². The van der Waals surface area contributed by atoms with E-state index in [-0.39, 0.29) is 30.3 Å². The van der Waals surface area contributed by atoms with E-state index in [1.54, 1.807) is 6.20 Å². The fourth-order valence-electron chi connectivity index (χ4n) is 2.96. The number of hydrogen-bond donors (Lipinski definition) is 2. The van der Waals surface area contributed by atoms with Gasteiger partial charge in [0.1, 0.15) is 0 Å². The summed E-state index contributed by atoms with van der Waals surface area (Å²) in [6, 6.07) is 3.84. The van der Waals surface area contributed by atoms with Gasteiger partial charge in [0.25, 0.3) is 0 Å². The molecule has 6 heteroatoms. The Kier molecular flexibility index (Phi) is 9.08. The van der Waals surface area contributed by atoms with Crippen molar-refractivity contribution in [1.29, 1.82) is 0 Å². The van der Waals surface area contributed by atoms with Gasteiger partial charge in [0.2, 0.25) is 11.8 Å². The Balaban J connectivity index is 0.00000288. The summed E-state index contributed by atoms with van der Waals surface area (Å²) < 4.78 is 5.86. The number of ether oxygens (including phenoxy) is 1. The first-order valence-electron chi connectivity index (χ1n) is 8.64. The second-order valence-corrected chi connectivity index (χ2v) is 6.80. The zero-order valence-corrected chi connectivity index (χ0v) is 15.7. The molecule has 5 nitrogen and oxygen atoms in total. The van der Waals surface area contributed by atoms with Gasteiger partial charge < -0.3 is 15.4 Å². The average molecular weight is 356 g/mol. The number of halogens is 1. The van der Waals surface area contributed by atoms with Crippen molar-refractivity contribution in [2.24, 2.45) is 11.8 Å². The molecule has 0 spiro atoms. The molecule has 1 aliphatic rings. The third-order valence-electron chi connectivity index (χ3n) is 4.10. The van der Waals surface area contributed by atoms with Crippen LogP contribution in [0.25, 0.3) is 0 Å². The number of rotatable bonds is 7. The molecular weight excluding hydrogens is 326 g/mol. The summed E-state index contributed by atoms with van der Waals surface area (Å²) in [6.45, 7) is 8.81. The monoisotopic (exact) mass is 355 g/mol. The van der Waals surface area contributed by atoms with Crippen molar-refractivity contribution >= 4 is 18.3 Å². The molecule has 0 aromatic carbocycles. The summed E-state index contributed by atoms with van der Waals surface area (Å²) >= 11 is 0. The first-order valence-corrected chi connectivity index (χ1v) is 8.64. The van der Waals surface area contributed by atoms with Crippen molar-refractivity contribution in [3.63, 3.8) is 0 Å². The highest BCUT2D eigenvalue weighted by atomic mass is 35.5. The molecule has 0 aliphatic carbocycles. The van der Waals surface area contributed by atoms with E-state index < -0.39 is 0 Å². The number of pyridine rings is 1. The van der Waals surface area contributed by atoms with Gasteiger partial charge in [-0.25, -0.2) is 4.98 Å². The first-order chi connectivity index (χ1) is 11.0. The largest absolute Gasteiger partial charge is 0.475 e. The minimum Gasteiger partial charge on any atom is -0.475 e. The summed E-state index contributed by atoms with van der Waals surface area (Å²) in [5.74, 6) is 1.52.